The van der Waals surface area contributed by atoms with Crippen molar-refractivity contribution in [3.8, 4) is 5.75 Å². The number of methoxy groups -OCH3 is 1. The normalized spacial score (nSPS) is 10.2. The summed E-state index contributed by atoms with van der Waals surface area (Å²) in [7, 11) is 3.48. The summed E-state index contributed by atoms with van der Waals surface area (Å²) in [5.74, 6) is 0.888. The number of ether oxygens (including phenoxy) is 1. The molecule has 0 atom stereocenters. The predicted octanol–water partition coefficient (Wildman–Crippen LogP) is 3.77. The standard InChI is InChI=1S/C17H18BrNO2/c1-19(17(20)14-7-9-15(18)10-8-14)12-11-13-5-3-4-6-16(13)21-2/h3-10H,11-12H2,1-2H3. The van der Waals surface area contributed by atoms with E-state index < -0.39 is 0 Å². The summed E-state index contributed by atoms with van der Waals surface area (Å²) < 4.78 is 6.30. The van der Waals surface area contributed by atoms with E-state index >= 15 is 0 Å². The second-order valence-corrected chi connectivity index (χ2v) is 5.71. The Kier molecular flexibility index (Phi) is 5.39. The highest BCUT2D eigenvalue weighted by Gasteiger charge is 2.12. The van der Waals surface area contributed by atoms with Gasteiger partial charge in [-0.15, -0.1) is 0 Å². The van der Waals surface area contributed by atoms with Crippen LogP contribution < -0.4 is 4.74 Å². The lowest BCUT2D eigenvalue weighted by Gasteiger charge is -2.18. The van der Waals surface area contributed by atoms with Crippen LogP contribution in [-0.2, 0) is 6.42 Å². The average molecular weight is 348 g/mol. The molecule has 2 rings (SSSR count). The molecular weight excluding hydrogens is 330 g/mol. The Morgan fingerprint density at radius 1 is 1.14 bits per heavy atom. The molecular formula is C17H18BrNO2. The highest BCUT2D eigenvalue weighted by atomic mass is 79.9. The topological polar surface area (TPSA) is 29.5 Å². The van der Waals surface area contributed by atoms with Crippen molar-refractivity contribution in [1.29, 1.82) is 0 Å². The first kappa shape index (κ1) is 15.6. The molecule has 3 nitrogen and oxygen atoms in total. The highest BCUT2D eigenvalue weighted by molar-refractivity contribution is 9.10. The number of hydrogen-bond donors (Lipinski definition) is 0. The molecule has 0 saturated carbocycles. The lowest BCUT2D eigenvalue weighted by atomic mass is 10.1. The number of benzene rings is 2. The first-order chi connectivity index (χ1) is 10.1. The van der Waals surface area contributed by atoms with Crippen molar-refractivity contribution >= 4 is 21.8 Å². The maximum Gasteiger partial charge on any atom is 0.253 e. The molecule has 0 N–H and O–H groups in total. The Hall–Kier alpha value is -1.81. The third-order valence-corrected chi connectivity index (χ3v) is 3.88. The van der Waals surface area contributed by atoms with Crippen molar-refractivity contribution in [2.24, 2.45) is 0 Å². The zero-order chi connectivity index (χ0) is 15.2. The molecule has 2 aromatic rings. The summed E-state index contributed by atoms with van der Waals surface area (Å²) >= 11 is 3.37. The van der Waals surface area contributed by atoms with E-state index in [1.807, 2.05) is 55.6 Å². The number of rotatable bonds is 5. The molecule has 110 valence electrons. The second-order valence-electron chi connectivity index (χ2n) is 4.80. The van der Waals surface area contributed by atoms with Crippen molar-refractivity contribution < 1.29 is 9.53 Å². The number of halogens is 1. The molecule has 0 bridgehead atoms. The quantitative estimate of drug-likeness (QED) is 0.823. The molecule has 0 radical (unpaired) electrons. The third kappa shape index (κ3) is 4.08. The van der Waals surface area contributed by atoms with Crippen LogP contribution in [0.1, 0.15) is 15.9 Å². The monoisotopic (exact) mass is 347 g/mol. The fourth-order valence-corrected chi connectivity index (χ4v) is 2.38. The van der Waals surface area contributed by atoms with Gasteiger partial charge in [-0.3, -0.25) is 4.79 Å². The maximum absolute atomic E-state index is 12.3. The van der Waals surface area contributed by atoms with Crippen molar-refractivity contribution in [3.63, 3.8) is 0 Å². The molecule has 0 aliphatic rings. The molecule has 0 aliphatic heterocycles. The minimum absolute atomic E-state index is 0.0254. The van der Waals surface area contributed by atoms with Gasteiger partial charge in [0.15, 0.2) is 0 Å². The van der Waals surface area contributed by atoms with Crippen LogP contribution in [0, 0.1) is 0 Å². The van der Waals surface area contributed by atoms with Crippen molar-refractivity contribution in [2.75, 3.05) is 20.7 Å². The smallest absolute Gasteiger partial charge is 0.253 e. The first-order valence-electron chi connectivity index (χ1n) is 6.74. The Labute approximate surface area is 133 Å². The van der Waals surface area contributed by atoms with E-state index in [2.05, 4.69) is 15.9 Å². The van der Waals surface area contributed by atoms with Crippen LogP contribution in [0.25, 0.3) is 0 Å². The van der Waals surface area contributed by atoms with Gasteiger partial charge >= 0.3 is 0 Å². The molecule has 0 spiro atoms. The van der Waals surface area contributed by atoms with Gasteiger partial charge in [0, 0.05) is 23.6 Å². The highest BCUT2D eigenvalue weighted by Crippen LogP contribution is 2.18. The lowest BCUT2D eigenvalue weighted by molar-refractivity contribution is 0.0796. The summed E-state index contributed by atoms with van der Waals surface area (Å²) in [5.41, 5.74) is 1.80. The van der Waals surface area contributed by atoms with E-state index in [-0.39, 0.29) is 5.91 Å². The Balaban J connectivity index is 1.99. The van der Waals surface area contributed by atoms with Crippen LogP contribution in [0.4, 0.5) is 0 Å². The lowest BCUT2D eigenvalue weighted by Crippen LogP contribution is -2.28. The minimum Gasteiger partial charge on any atom is -0.496 e. The van der Waals surface area contributed by atoms with E-state index in [0.717, 1.165) is 22.2 Å². The van der Waals surface area contributed by atoms with E-state index in [1.165, 1.54) is 0 Å². The van der Waals surface area contributed by atoms with Gasteiger partial charge < -0.3 is 9.64 Å². The summed E-state index contributed by atoms with van der Waals surface area (Å²) in [4.78, 5) is 14.0. The molecule has 2 aromatic carbocycles. The van der Waals surface area contributed by atoms with Crippen molar-refractivity contribution in [3.05, 3.63) is 64.1 Å². The third-order valence-electron chi connectivity index (χ3n) is 3.35. The Morgan fingerprint density at radius 3 is 2.48 bits per heavy atom. The van der Waals surface area contributed by atoms with E-state index in [9.17, 15) is 4.79 Å². The number of nitrogens with zero attached hydrogens (tertiary/aromatic N) is 1. The molecule has 0 unspecified atom stereocenters. The molecule has 4 heteroatoms. The van der Waals surface area contributed by atoms with E-state index in [4.69, 9.17) is 4.74 Å². The Bertz CT molecular complexity index is 610. The number of para-hydroxylation sites is 1. The number of hydrogen-bond acceptors (Lipinski definition) is 2. The van der Waals surface area contributed by atoms with Gasteiger partial charge in [0.1, 0.15) is 5.75 Å². The molecule has 0 saturated heterocycles. The summed E-state index contributed by atoms with van der Waals surface area (Å²) in [6.07, 6.45) is 0.767. The van der Waals surface area contributed by atoms with Crippen molar-refractivity contribution in [2.45, 2.75) is 6.42 Å². The van der Waals surface area contributed by atoms with Gasteiger partial charge in [0.2, 0.25) is 0 Å². The van der Waals surface area contributed by atoms with Gasteiger partial charge in [-0.25, -0.2) is 0 Å². The van der Waals surface area contributed by atoms with Crippen LogP contribution in [0.3, 0.4) is 0 Å². The molecule has 21 heavy (non-hydrogen) atoms. The van der Waals surface area contributed by atoms with Gasteiger partial charge in [0.25, 0.3) is 5.91 Å². The number of likely N-dealkylation sites (N-methyl/N-ethyl adjacent to an activating group) is 1. The van der Waals surface area contributed by atoms with Crippen LogP contribution in [0.5, 0.6) is 5.75 Å². The fourth-order valence-electron chi connectivity index (χ4n) is 2.11. The molecule has 0 fully saturated rings. The molecule has 0 heterocycles. The number of amides is 1. The Morgan fingerprint density at radius 2 is 1.81 bits per heavy atom. The predicted molar refractivity (Wildman–Crippen MR) is 87.8 cm³/mol. The zero-order valence-electron chi connectivity index (χ0n) is 12.2. The van der Waals surface area contributed by atoms with Crippen molar-refractivity contribution in [1.82, 2.24) is 4.90 Å². The van der Waals surface area contributed by atoms with Gasteiger partial charge in [-0.05, 0) is 42.3 Å². The van der Waals surface area contributed by atoms with Crippen LogP contribution in [-0.4, -0.2) is 31.5 Å². The minimum atomic E-state index is 0.0254. The van der Waals surface area contributed by atoms with Gasteiger partial charge in [-0.1, -0.05) is 34.1 Å². The largest absolute Gasteiger partial charge is 0.496 e. The van der Waals surface area contributed by atoms with Crippen LogP contribution >= 0.6 is 15.9 Å². The summed E-state index contributed by atoms with van der Waals surface area (Å²) in [5, 5.41) is 0. The first-order valence-corrected chi connectivity index (χ1v) is 7.54. The van der Waals surface area contributed by atoms with Gasteiger partial charge in [0.05, 0.1) is 7.11 Å². The number of carbonyl (C=O) groups excluding carboxylic acids is 1. The maximum atomic E-state index is 12.3. The zero-order valence-corrected chi connectivity index (χ0v) is 13.8. The van der Waals surface area contributed by atoms with E-state index in [0.29, 0.717) is 12.1 Å². The molecule has 0 aromatic heterocycles. The summed E-state index contributed by atoms with van der Waals surface area (Å²) in [6, 6.07) is 15.3. The van der Waals surface area contributed by atoms with Crippen LogP contribution in [0.2, 0.25) is 0 Å². The molecule has 1 amide bonds. The molecule has 0 aliphatic carbocycles. The SMILES string of the molecule is COc1ccccc1CCN(C)C(=O)c1ccc(Br)cc1. The van der Waals surface area contributed by atoms with Crippen LogP contribution in [0.15, 0.2) is 53.0 Å². The van der Waals surface area contributed by atoms with E-state index in [1.54, 1.807) is 12.0 Å². The van der Waals surface area contributed by atoms with Gasteiger partial charge in [-0.2, -0.15) is 0 Å². The average Bonchev–Trinajstić information content (AvgIpc) is 2.52. The fraction of sp³-hybridized carbons (Fsp3) is 0.235. The number of carbonyl (C=O) groups is 1. The second kappa shape index (κ2) is 7.27. The summed E-state index contributed by atoms with van der Waals surface area (Å²) in [6.45, 7) is 0.648.